The smallest absolute Gasteiger partial charge is 0.255 e. The summed E-state index contributed by atoms with van der Waals surface area (Å²) in [5.41, 5.74) is 0.416. The number of carbonyl (C=O) groups excluding carboxylic acids is 1. The number of rotatable bonds is 3. The third-order valence-electron chi connectivity index (χ3n) is 3.53. The van der Waals surface area contributed by atoms with Gasteiger partial charge in [0.2, 0.25) is 0 Å². The first-order chi connectivity index (χ1) is 9.56. The number of hydrogen-bond acceptors (Lipinski definition) is 3. The first-order valence-corrected chi connectivity index (χ1v) is 7.21. The van der Waals surface area contributed by atoms with Crippen LogP contribution in [0.4, 0.5) is 4.39 Å². The van der Waals surface area contributed by atoms with Crippen molar-refractivity contribution >= 4 is 21.8 Å². The number of likely N-dealkylation sites (tertiary alicyclic amines) is 1. The molecule has 1 aliphatic rings. The largest absolute Gasteiger partial charge is 0.494 e. The van der Waals surface area contributed by atoms with Gasteiger partial charge in [-0.3, -0.25) is 4.79 Å². The first kappa shape index (κ1) is 15.3. The van der Waals surface area contributed by atoms with Crippen molar-refractivity contribution in [2.45, 2.75) is 18.9 Å². The Kier molecular flexibility index (Phi) is 4.99. The van der Waals surface area contributed by atoms with Crippen LogP contribution < -0.4 is 4.74 Å². The number of nitrogens with zero attached hydrogens (tertiary/aromatic N) is 1. The summed E-state index contributed by atoms with van der Waals surface area (Å²) >= 11 is 3.24. The molecule has 4 nitrogen and oxygen atoms in total. The lowest BCUT2D eigenvalue weighted by atomic mass is 10.1. The van der Waals surface area contributed by atoms with Crippen molar-refractivity contribution in [3.05, 3.63) is 28.0 Å². The van der Waals surface area contributed by atoms with E-state index in [4.69, 9.17) is 9.47 Å². The summed E-state index contributed by atoms with van der Waals surface area (Å²) in [6.45, 7) is 1.28. The van der Waals surface area contributed by atoms with Gasteiger partial charge in [0.15, 0.2) is 11.6 Å². The summed E-state index contributed by atoms with van der Waals surface area (Å²) in [6, 6.07) is 2.69. The van der Waals surface area contributed by atoms with E-state index in [-0.39, 0.29) is 17.8 Å². The van der Waals surface area contributed by atoms with E-state index in [1.54, 1.807) is 12.0 Å². The van der Waals surface area contributed by atoms with Gasteiger partial charge in [-0.05, 0) is 40.9 Å². The molecular weight excluding hydrogens is 329 g/mol. The third-order valence-corrected chi connectivity index (χ3v) is 4.19. The van der Waals surface area contributed by atoms with Gasteiger partial charge in [-0.15, -0.1) is 0 Å². The van der Waals surface area contributed by atoms with E-state index in [1.807, 2.05) is 0 Å². The lowest BCUT2D eigenvalue weighted by molar-refractivity contribution is 0.0350. The van der Waals surface area contributed by atoms with Gasteiger partial charge in [0.25, 0.3) is 5.91 Å². The van der Waals surface area contributed by atoms with Crippen molar-refractivity contribution in [2.75, 3.05) is 27.3 Å². The van der Waals surface area contributed by atoms with Crippen molar-refractivity contribution in [1.29, 1.82) is 0 Å². The van der Waals surface area contributed by atoms with Crippen molar-refractivity contribution in [3.8, 4) is 5.75 Å². The standard InChI is InChI=1S/C14H17BrFNO3/c1-19-9-3-5-17(6-4-9)14(18)10-7-13(20-2)12(16)8-11(10)15/h7-9H,3-6H2,1-2H3. The normalized spacial score (nSPS) is 16.3. The molecule has 20 heavy (non-hydrogen) atoms. The Labute approximate surface area is 126 Å². The van der Waals surface area contributed by atoms with E-state index in [1.165, 1.54) is 19.2 Å². The fraction of sp³-hybridized carbons (Fsp3) is 0.500. The maximum atomic E-state index is 13.5. The molecule has 1 aromatic rings. The molecule has 110 valence electrons. The molecule has 0 radical (unpaired) electrons. The predicted octanol–water partition coefficient (Wildman–Crippen LogP) is 2.85. The van der Waals surface area contributed by atoms with E-state index >= 15 is 0 Å². The Morgan fingerprint density at radius 2 is 2.00 bits per heavy atom. The Hall–Kier alpha value is -1.14. The van der Waals surface area contributed by atoms with Gasteiger partial charge in [-0.1, -0.05) is 0 Å². The van der Waals surface area contributed by atoms with Crippen LogP contribution in [0.3, 0.4) is 0 Å². The molecule has 0 aromatic heterocycles. The van der Waals surface area contributed by atoms with E-state index in [0.29, 0.717) is 23.1 Å². The molecule has 0 atom stereocenters. The number of piperidine rings is 1. The highest BCUT2D eigenvalue weighted by atomic mass is 79.9. The molecule has 0 saturated carbocycles. The first-order valence-electron chi connectivity index (χ1n) is 6.42. The topological polar surface area (TPSA) is 38.8 Å². The van der Waals surface area contributed by atoms with Crippen LogP contribution >= 0.6 is 15.9 Å². The summed E-state index contributed by atoms with van der Waals surface area (Å²) in [6.07, 6.45) is 1.85. The van der Waals surface area contributed by atoms with E-state index in [0.717, 1.165) is 12.8 Å². The monoisotopic (exact) mass is 345 g/mol. The fourth-order valence-corrected chi connectivity index (χ4v) is 2.80. The summed E-state index contributed by atoms with van der Waals surface area (Å²) in [7, 11) is 3.06. The molecule has 0 aliphatic carbocycles. The Morgan fingerprint density at radius 1 is 1.35 bits per heavy atom. The summed E-state index contributed by atoms with van der Waals surface area (Å²) < 4.78 is 24.2. The van der Waals surface area contributed by atoms with E-state index < -0.39 is 5.82 Å². The number of amides is 1. The lowest BCUT2D eigenvalue weighted by Gasteiger charge is -2.31. The Bertz CT molecular complexity index is 501. The van der Waals surface area contributed by atoms with Gasteiger partial charge in [0.05, 0.1) is 18.8 Å². The highest BCUT2D eigenvalue weighted by molar-refractivity contribution is 9.10. The van der Waals surface area contributed by atoms with Crippen LogP contribution in [0.5, 0.6) is 5.75 Å². The number of halogens is 2. The molecule has 1 aliphatic heterocycles. The molecule has 0 bridgehead atoms. The molecule has 1 saturated heterocycles. The predicted molar refractivity (Wildman–Crippen MR) is 76.6 cm³/mol. The van der Waals surface area contributed by atoms with Crippen LogP contribution in [0.25, 0.3) is 0 Å². The van der Waals surface area contributed by atoms with Crippen molar-refractivity contribution < 1.29 is 18.7 Å². The Balaban J connectivity index is 2.17. The van der Waals surface area contributed by atoms with Gasteiger partial charge >= 0.3 is 0 Å². The van der Waals surface area contributed by atoms with E-state index in [2.05, 4.69) is 15.9 Å². The maximum absolute atomic E-state index is 13.5. The van der Waals surface area contributed by atoms with Gasteiger partial charge in [0.1, 0.15) is 0 Å². The molecule has 6 heteroatoms. The number of hydrogen-bond donors (Lipinski definition) is 0. The quantitative estimate of drug-likeness (QED) is 0.845. The zero-order chi connectivity index (χ0) is 14.7. The molecule has 0 spiro atoms. The fourth-order valence-electron chi connectivity index (χ4n) is 2.31. The van der Waals surface area contributed by atoms with Gasteiger partial charge in [-0.2, -0.15) is 0 Å². The van der Waals surface area contributed by atoms with Crippen molar-refractivity contribution in [1.82, 2.24) is 4.90 Å². The summed E-state index contributed by atoms with van der Waals surface area (Å²) in [5.74, 6) is -0.540. The number of carbonyl (C=O) groups is 1. The molecule has 2 rings (SSSR count). The average molecular weight is 346 g/mol. The van der Waals surface area contributed by atoms with Gasteiger partial charge < -0.3 is 14.4 Å². The minimum Gasteiger partial charge on any atom is -0.494 e. The van der Waals surface area contributed by atoms with E-state index in [9.17, 15) is 9.18 Å². The molecule has 1 aromatic carbocycles. The van der Waals surface area contributed by atoms with Crippen molar-refractivity contribution in [2.24, 2.45) is 0 Å². The number of benzene rings is 1. The third kappa shape index (κ3) is 3.12. The second-order valence-corrected chi connectivity index (χ2v) is 5.55. The van der Waals surface area contributed by atoms with Crippen LogP contribution in [0.15, 0.2) is 16.6 Å². The molecule has 1 amide bonds. The SMILES string of the molecule is COc1cc(C(=O)N2CCC(OC)CC2)c(Br)cc1F. The summed E-state index contributed by atoms with van der Waals surface area (Å²) in [4.78, 5) is 14.2. The Morgan fingerprint density at radius 3 is 2.55 bits per heavy atom. The number of ether oxygens (including phenoxy) is 2. The molecule has 0 N–H and O–H groups in total. The van der Waals surface area contributed by atoms with Crippen LogP contribution in [0.2, 0.25) is 0 Å². The summed E-state index contributed by atoms with van der Waals surface area (Å²) in [5, 5.41) is 0. The molecular formula is C14H17BrFNO3. The molecule has 1 heterocycles. The average Bonchev–Trinajstić information content (AvgIpc) is 2.47. The van der Waals surface area contributed by atoms with Crippen LogP contribution in [0.1, 0.15) is 23.2 Å². The maximum Gasteiger partial charge on any atom is 0.255 e. The van der Waals surface area contributed by atoms with Gasteiger partial charge in [-0.25, -0.2) is 4.39 Å². The molecule has 1 fully saturated rings. The highest BCUT2D eigenvalue weighted by Gasteiger charge is 2.25. The number of methoxy groups -OCH3 is 2. The zero-order valence-electron chi connectivity index (χ0n) is 11.5. The lowest BCUT2D eigenvalue weighted by Crippen LogP contribution is -2.40. The second-order valence-electron chi connectivity index (χ2n) is 4.69. The molecule has 0 unspecified atom stereocenters. The van der Waals surface area contributed by atoms with Crippen LogP contribution in [-0.2, 0) is 4.74 Å². The second kappa shape index (κ2) is 6.54. The minimum atomic E-state index is -0.492. The van der Waals surface area contributed by atoms with Crippen LogP contribution in [0, 0.1) is 5.82 Å². The van der Waals surface area contributed by atoms with Crippen LogP contribution in [-0.4, -0.2) is 44.2 Å². The zero-order valence-corrected chi connectivity index (χ0v) is 13.1. The van der Waals surface area contributed by atoms with Gasteiger partial charge in [0, 0.05) is 24.7 Å². The van der Waals surface area contributed by atoms with Crippen molar-refractivity contribution in [3.63, 3.8) is 0 Å². The highest BCUT2D eigenvalue weighted by Crippen LogP contribution is 2.28. The minimum absolute atomic E-state index is 0.0725.